The zero-order valence-electron chi connectivity index (χ0n) is 14.9. The van der Waals surface area contributed by atoms with Crippen LogP contribution in [0.3, 0.4) is 0 Å². The molecule has 0 spiro atoms. The van der Waals surface area contributed by atoms with Crippen LogP contribution in [0.25, 0.3) is 0 Å². The number of morpholine rings is 1. The number of halogens is 1. The Hall–Kier alpha value is -1.46. The lowest BCUT2D eigenvalue weighted by atomic mass is 9.87. The van der Waals surface area contributed by atoms with Gasteiger partial charge in [-0.15, -0.1) is 0 Å². The third-order valence-electron chi connectivity index (χ3n) is 5.13. The largest absolute Gasteiger partial charge is 0.378 e. The maximum atomic E-state index is 12.3. The van der Waals surface area contributed by atoms with Gasteiger partial charge < -0.3 is 20.3 Å². The molecule has 6 heteroatoms. The molecule has 0 unspecified atom stereocenters. The van der Waals surface area contributed by atoms with Crippen molar-refractivity contribution in [2.24, 2.45) is 5.92 Å². The van der Waals surface area contributed by atoms with E-state index in [-0.39, 0.29) is 12.5 Å². The number of amides is 1. The van der Waals surface area contributed by atoms with Crippen molar-refractivity contribution in [2.75, 3.05) is 43.1 Å². The van der Waals surface area contributed by atoms with Crippen molar-refractivity contribution in [1.82, 2.24) is 5.32 Å². The number of nitrogens with one attached hydrogen (secondary N) is 2. The van der Waals surface area contributed by atoms with Crippen LogP contribution in [0.2, 0.25) is 5.02 Å². The Kier molecular flexibility index (Phi) is 6.43. The first-order valence-corrected chi connectivity index (χ1v) is 9.65. The predicted octanol–water partition coefficient (Wildman–Crippen LogP) is 3.28. The number of para-hydroxylation sites is 1. The molecule has 1 saturated carbocycles. The number of carbonyl (C=O) groups excluding carboxylic acids is 1. The van der Waals surface area contributed by atoms with E-state index in [1.165, 1.54) is 12.8 Å². The van der Waals surface area contributed by atoms with E-state index in [0.29, 0.717) is 24.3 Å². The van der Waals surface area contributed by atoms with Gasteiger partial charge in [-0.05, 0) is 43.7 Å². The number of carbonyl (C=O) groups is 1. The SMILES string of the molecule is CC1CCC(NC(=O)CNc2cccc(Cl)c2N2CCOCC2)CC1. The highest BCUT2D eigenvalue weighted by atomic mass is 35.5. The molecule has 2 N–H and O–H groups in total. The number of nitrogens with zero attached hydrogens (tertiary/aromatic N) is 1. The van der Waals surface area contributed by atoms with Crippen molar-refractivity contribution in [3.63, 3.8) is 0 Å². The van der Waals surface area contributed by atoms with Gasteiger partial charge in [-0.2, -0.15) is 0 Å². The topological polar surface area (TPSA) is 53.6 Å². The maximum absolute atomic E-state index is 12.3. The number of hydrogen-bond donors (Lipinski definition) is 2. The minimum atomic E-state index is 0.0486. The molecular weight excluding hydrogens is 338 g/mol. The van der Waals surface area contributed by atoms with E-state index in [0.717, 1.165) is 43.2 Å². The molecule has 3 rings (SSSR count). The van der Waals surface area contributed by atoms with Gasteiger partial charge in [-0.25, -0.2) is 0 Å². The summed E-state index contributed by atoms with van der Waals surface area (Å²) < 4.78 is 5.42. The Morgan fingerprint density at radius 2 is 1.96 bits per heavy atom. The summed E-state index contributed by atoms with van der Waals surface area (Å²) in [5.74, 6) is 0.835. The van der Waals surface area contributed by atoms with Gasteiger partial charge in [0.05, 0.1) is 36.2 Å². The minimum Gasteiger partial charge on any atom is -0.378 e. The fourth-order valence-electron chi connectivity index (χ4n) is 3.62. The summed E-state index contributed by atoms with van der Waals surface area (Å²) in [6.07, 6.45) is 4.58. The lowest BCUT2D eigenvalue weighted by Crippen LogP contribution is -2.40. The Morgan fingerprint density at radius 3 is 2.68 bits per heavy atom. The van der Waals surface area contributed by atoms with Crippen LogP contribution < -0.4 is 15.5 Å². The van der Waals surface area contributed by atoms with Crippen molar-refractivity contribution >= 4 is 28.9 Å². The Bertz CT molecular complexity index is 582. The first-order chi connectivity index (χ1) is 12.1. The van der Waals surface area contributed by atoms with E-state index < -0.39 is 0 Å². The van der Waals surface area contributed by atoms with Gasteiger partial charge in [0.2, 0.25) is 5.91 Å². The number of hydrogen-bond acceptors (Lipinski definition) is 4. The zero-order chi connectivity index (χ0) is 17.6. The van der Waals surface area contributed by atoms with Crippen LogP contribution in [0.15, 0.2) is 18.2 Å². The normalized spacial score (nSPS) is 24.0. The smallest absolute Gasteiger partial charge is 0.239 e. The van der Waals surface area contributed by atoms with Gasteiger partial charge in [0, 0.05) is 19.1 Å². The summed E-state index contributed by atoms with van der Waals surface area (Å²) in [4.78, 5) is 14.5. The second kappa shape index (κ2) is 8.77. The molecule has 1 saturated heterocycles. The van der Waals surface area contributed by atoms with E-state index in [1.54, 1.807) is 0 Å². The van der Waals surface area contributed by atoms with Gasteiger partial charge in [0.1, 0.15) is 0 Å². The average molecular weight is 366 g/mol. The number of benzene rings is 1. The molecule has 1 amide bonds. The lowest BCUT2D eigenvalue weighted by Gasteiger charge is -2.31. The summed E-state index contributed by atoms with van der Waals surface area (Å²) in [6.45, 7) is 5.57. The van der Waals surface area contributed by atoms with Crippen molar-refractivity contribution in [1.29, 1.82) is 0 Å². The molecular formula is C19H28ClN3O2. The van der Waals surface area contributed by atoms with Crippen LogP contribution in [0.4, 0.5) is 11.4 Å². The Balaban J connectivity index is 1.57. The molecule has 2 fully saturated rings. The molecule has 1 aromatic rings. The van der Waals surface area contributed by atoms with Crippen LogP contribution in [0, 0.1) is 5.92 Å². The summed E-state index contributed by atoms with van der Waals surface area (Å²) in [7, 11) is 0. The number of rotatable bonds is 5. The van der Waals surface area contributed by atoms with Gasteiger partial charge in [-0.3, -0.25) is 4.79 Å². The fourth-order valence-corrected chi connectivity index (χ4v) is 3.92. The highest BCUT2D eigenvalue weighted by Crippen LogP contribution is 2.34. The molecule has 0 aromatic heterocycles. The van der Waals surface area contributed by atoms with E-state index >= 15 is 0 Å². The Morgan fingerprint density at radius 1 is 1.24 bits per heavy atom. The van der Waals surface area contributed by atoms with Crippen LogP contribution >= 0.6 is 11.6 Å². The molecule has 138 valence electrons. The minimum absolute atomic E-state index is 0.0486. The van der Waals surface area contributed by atoms with Gasteiger partial charge in [0.25, 0.3) is 0 Å². The van der Waals surface area contributed by atoms with Crippen molar-refractivity contribution in [2.45, 2.75) is 38.6 Å². The molecule has 0 atom stereocenters. The summed E-state index contributed by atoms with van der Waals surface area (Å²) in [5.41, 5.74) is 1.87. The van der Waals surface area contributed by atoms with E-state index in [1.807, 2.05) is 18.2 Å². The first-order valence-electron chi connectivity index (χ1n) is 9.28. The molecule has 1 aliphatic carbocycles. The monoisotopic (exact) mass is 365 g/mol. The molecule has 5 nitrogen and oxygen atoms in total. The van der Waals surface area contributed by atoms with Gasteiger partial charge in [0.15, 0.2) is 0 Å². The van der Waals surface area contributed by atoms with Crippen LogP contribution in [0.5, 0.6) is 0 Å². The maximum Gasteiger partial charge on any atom is 0.239 e. The van der Waals surface area contributed by atoms with E-state index in [4.69, 9.17) is 16.3 Å². The lowest BCUT2D eigenvalue weighted by molar-refractivity contribution is -0.120. The van der Waals surface area contributed by atoms with Crippen molar-refractivity contribution in [3.05, 3.63) is 23.2 Å². The van der Waals surface area contributed by atoms with Gasteiger partial charge in [-0.1, -0.05) is 24.6 Å². The van der Waals surface area contributed by atoms with E-state index in [2.05, 4.69) is 22.5 Å². The molecule has 1 aromatic carbocycles. The first kappa shape index (κ1) is 18.3. The van der Waals surface area contributed by atoms with Crippen LogP contribution in [-0.2, 0) is 9.53 Å². The molecule has 25 heavy (non-hydrogen) atoms. The molecule has 2 aliphatic rings. The molecule has 0 radical (unpaired) electrons. The third-order valence-corrected chi connectivity index (χ3v) is 5.44. The highest BCUT2D eigenvalue weighted by Gasteiger charge is 2.21. The van der Waals surface area contributed by atoms with E-state index in [9.17, 15) is 4.79 Å². The average Bonchev–Trinajstić information content (AvgIpc) is 2.63. The zero-order valence-corrected chi connectivity index (χ0v) is 15.6. The summed E-state index contributed by atoms with van der Waals surface area (Å²) in [6, 6.07) is 6.10. The van der Waals surface area contributed by atoms with Crippen LogP contribution in [0.1, 0.15) is 32.6 Å². The number of ether oxygens (including phenoxy) is 1. The standard InChI is InChI=1S/C19H28ClN3O2/c1-14-5-7-15(8-6-14)22-18(24)13-21-17-4-2-3-16(20)19(17)23-9-11-25-12-10-23/h2-4,14-15,21H,5-13H2,1H3,(H,22,24). The molecule has 1 heterocycles. The molecule has 1 aliphatic heterocycles. The van der Waals surface area contributed by atoms with Crippen LogP contribution in [-0.4, -0.2) is 44.8 Å². The van der Waals surface area contributed by atoms with Crippen molar-refractivity contribution < 1.29 is 9.53 Å². The molecule has 0 bridgehead atoms. The van der Waals surface area contributed by atoms with Gasteiger partial charge >= 0.3 is 0 Å². The predicted molar refractivity (Wildman–Crippen MR) is 103 cm³/mol. The second-order valence-corrected chi connectivity index (χ2v) is 7.52. The Labute approximate surface area is 155 Å². The summed E-state index contributed by atoms with van der Waals surface area (Å²) >= 11 is 6.42. The quantitative estimate of drug-likeness (QED) is 0.840. The fraction of sp³-hybridized carbons (Fsp3) is 0.632. The van der Waals surface area contributed by atoms with Crippen molar-refractivity contribution in [3.8, 4) is 0 Å². The highest BCUT2D eigenvalue weighted by molar-refractivity contribution is 6.34. The second-order valence-electron chi connectivity index (χ2n) is 7.11. The third kappa shape index (κ3) is 5.02. The number of anilines is 2. The summed E-state index contributed by atoms with van der Waals surface area (Å²) in [5, 5.41) is 7.13.